The van der Waals surface area contributed by atoms with E-state index in [2.05, 4.69) is 20.0 Å². The van der Waals surface area contributed by atoms with Gasteiger partial charge in [-0.1, -0.05) is 18.2 Å². The van der Waals surface area contributed by atoms with Gasteiger partial charge in [-0.3, -0.25) is 9.36 Å². The van der Waals surface area contributed by atoms with E-state index < -0.39 is 36.7 Å². The second-order valence-corrected chi connectivity index (χ2v) is 12.0. The number of carbonyl (C=O) groups excluding carboxylic acids is 1. The number of nitrogen functional groups attached to an aromatic ring is 1. The smallest absolute Gasteiger partial charge is 0.323 e. The van der Waals surface area contributed by atoms with E-state index in [0.29, 0.717) is 11.3 Å². The van der Waals surface area contributed by atoms with Crippen LogP contribution in [0.25, 0.3) is 11.2 Å². The number of anilines is 1. The van der Waals surface area contributed by atoms with Gasteiger partial charge in [0, 0.05) is 7.11 Å². The van der Waals surface area contributed by atoms with E-state index >= 15 is 4.39 Å². The first-order valence-electron chi connectivity index (χ1n) is 11.7. The highest BCUT2D eigenvalue weighted by atomic mass is 32.5. The Kier molecular flexibility index (Phi) is 9.74. The Balaban J connectivity index is 1.82. The topological polar surface area (TPSA) is 156 Å². The number of esters is 1. The minimum atomic E-state index is -3.45. The van der Waals surface area contributed by atoms with E-state index in [1.165, 1.54) is 19.6 Å². The van der Waals surface area contributed by atoms with Crippen LogP contribution in [0.15, 0.2) is 42.9 Å². The quantitative estimate of drug-likeness (QED) is 0.204. The molecule has 2 aromatic heterocycles. The fourth-order valence-electron chi connectivity index (χ4n) is 3.42. The number of rotatable bonds is 13. The van der Waals surface area contributed by atoms with Gasteiger partial charge in [-0.25, -0.2) is 19.4 Å². The largest absolute Gasteiger partial charge is 0.462 e. The van der Waals surface area contributed by atoms with Crippen molar-refractivity contribution in [3.05, 3.63) is 42.9 Å². The second kappa shape index (κ2) is 12.4. The monoisotopic (exact) mass is 570 g/mol. The summed E-state index contributed by atoms with van der Waals surface area (Å²) < 4.78 is 39.6. The van der Waals surface area contributed by atoms with Crippen LogP contribution < -0.4 is 15.3 Å². The van der Waals surface area contributed by atoms with E-state index in [-0.39, 0.29) is 24.3 Å². The number of halogens is 1. The predicted molar refractivity (Wildman–Crippen MR) is 142 cm³/mol. The van der Waals surface area contributed by atoms with E-state index in [9.17, 15) is 9.90 Å². The van der Waals surface area contributed by atoms with Gasteiger partial charge >= 0.3 is 12.6 Å². The molecule has 0 saturated heterocycles. The second-order valence-electron chi connectivity index (χ2n) is 8.83. The van der Waals surface area contributed by atoms with Gasteiger partial charge in [0.15, 0.2) is 5.65 Å². The normalized spacial score (nSPS) is 17.4. The van der Waals surface area contributed by atoms with Crippen LogP contribution in [0.5, 0.6) is 5.75 Å². The average molecular weight is 571 g/mol. The summed E-state index contributed by atoms with van der Waals surface area (Å²) in [7, 11) is 1.29. The molecule has 0 spiro atoms. The number of para-hydroxylation sites is 1. The zero-order valence-electron chi connectivity index (χ0n) is 21.6. The minimum absolute atomic E-state index is 0.0777. The van der Waals surface area contributed by atoms with Gasteiger partial charge in [0.1, 0.15) is 29.5 Å². The average Bonchev–Trinajstić information content (AvgIpc) is 3.28. The number of hydrogen-bond donors (Lipinski definition) is 3. The number of hydrogen-bond acceptors (Lipinski definition) is 11. The number of benzene rings is 1. The molecule has 0 bridgehead atoms. The minimum Gasteiger partial charge on any atom is -0.462 e. The van der Waals surface area contributed by atoms with Gasteiger partial charge in [-0.2, -0.15) is 4.98 Å². The van der Waals surface area contributed by atoms with Gasteiger partial charge in [0.25, 0.3) is 0 Å². The molecular weight excluding hydrogens is 538 g/mol. The molecule has 0 saturated carbocycles. The summed E-state index contributed by atoms with van der Waals surface area (Å²) in [6, 6.07) is 7.74. The van der Waals surface area contributed by atoms with Crippen LogP contribution in [0.2, 0.25) is 0 Å². The molecule has 0 radical (unpaired) electrons. The van der Waals surface area contributed by atoms with E-state index in [4.69, 9.17) is 36.1 Å². The van der Waals surface area contributed by atoms with E-state index in [0.717, 1.165) is 11.5 Å². The van der Waals surface area contributed by atoms with Crippen LogP contribution in [0.3, 0.4) is 0 Å². The number of fused-ring (bicyclic) bond motifs is 1. The molecule has 2 heterocycles. The summed E-state index contributed by atoms with van der Waals surface area (Å²) in [6.07, 6.45) is -0.799. The molecule has 12 nitrogen and oxygen atoms in total. The SMILES string of the molecule is CO[C@H](CO[P@](=S)(N[C@H](C)C(=O)OC(C)C)Oc1ccccc1)[C@@H](O)C(C)(F)n1cnc2cnc(N)nc21. The Labute approximate surface area is 224 Å². The van der Waals surface area contributed by atoms with Gasteiger partial charge in [0.05, 0.1) is 25.2 Å². The van der Waals surface area contributed by atoms with Crippen molar-refractivity contribution in [1.29, 1.82) is 0 Å². The van der Waals surface area contributed by atoms with Crippen molar-refractivity contribution in [3.63, 3.8) is 0 Å². The van der Waals surface area contributed by atoms with Crippen molar-refractivity contribution in [2.45, 2.75) is 57.8 Å². The molecule has 3 rings (SSSR count). The lowest BCUT2D eigenvalue weighted by molar-refractivity contribution is -0.149. The van der Waals surface area contributed by atoms with E-state index in [1.54, 1.807) is 51.1 Å². The molecule has 15 heteroatoms. The Hall–Kier alpha value is -2.74. The number of ether oxygens (including phenoxy) is 2. The number of nitrogens with one attached hydrogen (secondary N) is 1. The molecule has 5 atom stereocenters. The van der Waals surface area contributed by atoms with Crippen LogP contribution in [0, 0.1) is 0 Å². The lowest BCUT2D eigenvalue weighted by Gasteiger charge is -2.34. The molecule has 1 aromatic carbocycles. The number of carbonyl (C=O) groups is 1. The third-order valence-electron chi connectivity index (χ3n) is 5.41. The summed E-state index contributed by atoms with van der Waals surface area (Å²) in [5, 5.41) is 13.9. The van der Waals surface area contributed by atoms with Crippen molar-refractivity contribution >= 4 is 41.5 Å². The number of aromatic nitrogens is 4. The number of aliphatic hydroxyl groups excluding tert-OH is 1. The lowest BCUT2D eigenvalue weighted by atomic mass is 10.0. The number of nitrogens with zero attached hydrogens (tertiary/aromatic N) is 4. The zero-order chi connectivity index (χ0) is 28.1. The molecule has 38 heavy (non-hydrogen) atoms. The summed E-state index contributed by atoms with van der Waals surface area (Å²) in [5.41, 5.74) is 6.03. The number of imidazole rings is 1. The van der Waals surface area contributed by atoms with Gasteiger partial charge in [0.2, 0.25) is 11.7 Å². The standard InChI is InChI=1S/C23H32FN6O6PS/c1-14(2)35-21(32)15(3)29-37(38,36-16-9-7-6-8-10-16)34-12-18(33-5)19(31)23(4,24)30-13-27-17-11-26-22(25)28-20(17)30/h6-11,13-15,18-19,31H,12H2,1-5H3,(H,29,38)(H2,25,26,28)/t15-,18-,19-,23?,37-/m1/s1. The van der Waals surface area contributed by atoms with Crippen molar-refractivity contribution < 1.29 is 32.8 Å². The maximum absolute atomic E-state index is 16.1. The Bertz CT molecular complexity index is 1280. The fourth-order valence-corrected chi connectivity index (χ4v) is 5.84. The first-order valence-corrected chi connectivity index (χ1v) is 14.3. The summed E-state index contributed by atoms with van der Waals surface area (Å²) in [4.78, 5) is 24.4. The van der Waals surface area contributed by atoms with Crippen molar-refractivity contribution in [2.24, 2.45) is 0 Å². The summed E-state index contributed by atoms with van der Waals surface area (Å²) in [5.74, 6) is -2.70. The molecule has 0 aliphatic rings. The number of aliphatic hydroxyl groups is 1. The van der Waals surface area contributed by atoms with Gasteiger partial charge in [-0.15, -0.1) is 0 Å². The first kappa shape index (κ1) is 29.8. The molecule has 0 aliphatic carbocycles. The molecule has 0 amide bonds. The number of alkyl halides is 1. The van der Waals surface area contributed by atoms with E-state index in [1.807, 2.05) is 0 Å². The van der Waals surface area contributed by atoms with Crippen LogP contribution in [-0.2, 0) is 36.4 Å². The molecule has 4 N–H and O–H groups in total. The first-order chi connectivity index (χ1) is 17.9. The summed E-state index contributed by atoms with van der Waals surface area (Å²) >= 11 is 5.67. The highest BCUT2D eigenvalue weighted by Gasteiger charge is 2.43. The van der Waals surface area contributed by atoms with Crippen molar-refractivity contribution in [1.82, 2.24) is 24.6 Å². The highest BCUT2D eigenvalue weighted by molar-refractivity contribution is 8.09. The van der Waals surface area contributed by atoms with Gasteiger partial charge < -0.3 is 29.4 Å². The van der Waals surface area contributed by atoms with Crippen LogP contribution >= 0.6 is 6.64 Å². The fraction of sp³-hybridized carbons (Fsp3) is 0.478. The molecule has 208 valence electrons. The predicted octanol–water partition coefficient (Wildman–Crippen LogP) is 2.68. The molecular formula is C23H32FN6O6PS. The van der Waals surface area contributed by atoms with Crippen molar-refractivity contribution in [2.75, 3.05) is 19.5 Å². The Morgan fingerprint density at radius 3 is 2.61 bits per heavy atom. The van der Waals surface area contributed by atoms with Crippen LogP contribution in [0.1, 0.15) is 27.7 Å². The highest BCUT2D eigenvalue weighted by Crippen LogP contribution is 2.46. The van der Waals surface area contributed by atoms with Crippen LogP contribution in [0.4, 0.5) is 10.3 Å². The van der Waals surface area contributed by atoms with Gasteiger partial charge in [-0.05, 0) is 51.6 Å². The Morgan fingerprint density at radius 1 is 1.29 bits per heavy atom. The Morgan fingerprint density at radius 2 is 1.97 bits per heavy atom. The lowest BCUT2D eigenvalue weighted by Crippen LogP contribution is -2.48. The third-order valence-corrected chi connectivity index (χ3v) is 7.91. The molecule has 0 fully saturated rings. The van der Waals surface area contributed by atoms with Crippen molar-refractivity contribution in [3.8, 4) is 5.75 Å². The maximum atomic E-state index is 16.1. The van der Waals surface area contributed by atoms with Crippen LogP contribution in [-0.4, -0.2) is 68.7 Å². The molecule has 3 aromatic rings. The third kappa shape index (κ3) is 7.22. The maximum Gasteiger partial charge on any atom is 0.323 e. The number of methoxy groups -OCH3 is 1. The molecule has 1 unspecified atom stereocenters. The zero-order valence-corrected chi connectivity index (χ0v) is 23.4. The number of nitrogens with two attached hydrogens (primary N) is 1. The summed E-state index contributed by atoms with van der Waals surface area (Å²) in [6.45, 7) is 2.31. The molecule has 0 aliphatic heterocycles.